The first-order valence-corrected chi connectivity index (χ1v) is 13.7. The number of Topliss-reactive ketones (excluding diaryl/α,β-unsaturated/α-hetero) is 2. The summed E-state index contributed by atoms with van der Waals surface area (Å²) in [4.78, 5) is 40.3. The minimum absolute atomic E-state index is 0.0209. The Bertz CT molecular complexity index is 1400. The Morgan fingerprint density at radius 3 is 2.25 bits per heavy atom. The van der Waals surface area contributed by atoms with Gasteiger partial charge >= 0.3 is 0 Å². The van der Waals surface area contributed by atoms with Crippen molar-refractivity contribution in [3.05, 3.63) is 53.1 Å². The number of carbonyl (C=O) groups is 3. The van der Waals surface area contributed by atoms with Gasteiger partial charge < -0.3 is 31.3 Å². The maximum absolute atomic E-state index is 14.2. The van der Waals surface area contributed by atoms with Gasteiger partial charge in [0.1, 0.15) is 17.8 Å². The predicted molar refractivity (Wildman–Crippen MR) is 145 cm³/mol. The van der Waals surface area contributed by atoms with Crippen LogP contribution in [0.4, 0.5) is 0 Å². The zero-order chi connectivity index (χ0) is 29.5. The van der Waals surface area contributed by atoms with E-state index in [1.165, 1.54) is 6.07 Å². The molecule has 2 saturated carbocycles. The van der Waals surface area contributed by atoms with Crippen molar-refractivity contribution in [1.29, 1.82) is 0 Å². The number of aliphatic hydroxyl groups is 4. The number of rotatable bonds is 4. The van der Waals surface area contributed by atoms with E-state index in [1.807, 2.05) is 32.9 Å². The lowest BCUT2D eigenvalue weighted by atomic mass is 9.39. The number of aromatic hydroxyl groups is 1. The minimum Gasteiger partial charge on any atom is -0.507 e. The van der Waals surface area contributed by atoms with Crippen molar-refractivity contribution in [1.82, 2.24) is 0 Å². The van der Waals surface area contributed by atoms with Crippen LogP contribution in [0, 0.1) is 34.5 Å². The zero-order valence-electron chi connectivity index (χ0n) is 23.1. The molecule has 0 bridgehead atoms. The normalized spacial score (nSPS) is 37.1. The van der Waals surface area contributed by atoms with Gasteiger partial charge in [-0.15, -0.1) is 0 Å². The first-order valence-electron chi connectivity index (χ1n) is 13.7. The van der Waals surface area contributed by atoms with Gasteiger partial charge in [-0.2, -0.15) is 0 Å². The lowest BCUT2D eigenvalue weighted by Gasteiger charge is -2.66. The number of benzene rings is 2. The Labute approximate surface area is 232 Å². The third kappa shape index (κ3) is 3.57. The molecule has 7 N–H and O–H groups in total. The summed E-state index contributed by atoms with van der Waals surface area (Å²) in [5.41, 5.74) is 3.39. The van der Waals surface area contributed by atoms with E-state index in [0.29, 0.717) is 11.1 Å². The van der Waals surface area contributed by atoms with Crippen LogP contribution in [0.15, 0.2) is 36.4 Å². The Balaban J connectivity index is 1.71. The van der Waals surface area contributed by atoms with Gasteiger partial charge in [-0.1, -0.05) is 58.0 Å². The molecule has 9 heteroatoms. The fraction of sp³-hybridized carbons (Fsp3) is 0.516. The molecule has 3 aliphatic carbocycles. The smallest absolute Gasteiger partial charge is 0.230 e. The minimum atomic E-state index is -2.54. The average molecular weight is 552 g/mol. The Morgan fingerprint density at radius 2 is 1.70 bits per heavy atom. The molecule has 2 fully saturated rings. The molecular weight excluding hydrogens is 514 g/mol. The summed E-state index contributed by atoms with van der Waals surface area (Å²) in [6.07, 6.45) is -3.06. The Hall–Kier alpha value is -3.11. The van der Waals surface area contributed by atoms with Crippen LogP contribution in [0.25, 0.3) is 11.1 Å². The number of fused-ring (bicyclic) bond motifs is 3. The van der Waals surface area contributed by atoms with Crippen molar-refractivity contribution in [2.45, 2.75) is 65.0 Å². The monoisotopic (exact) mass is 551 g/mol. The van der Waals surface area contributed by atoms with Gasteiger partial charge in [-0.3, -0.25) is 14.4 Å². The van der Waals surface area contributed by atoms with Gasteiger partial charge in [-0.05, 0) is 58.4 Å². The number of carbonyl (C=O) groups excluding carboxylic acids is 3. The standard InChI is InChI=1S/C31H37NO8/c1-14(2)22-25(36)21(28(32)39)26(37)31(40)27(38)23-24(35)20-18(11-29(23,3)13-30(22,31)4)17(9-10-19(20)34)16-7-5-15(12-33)6-8-16/h5-10,14,21-23,25,27,33-34,36,38,40H,11-13H2,1-4H3,(H2,32,39)/t21-,22+,23-,25?,27?,29-,30-,31+/m1/s1. The number of phenolic OH excluding ortho intramolecular Hbond substituents is 1. The van der Waals surface area contributed by atoms with Gasteiger partial charge in [0.25, 0.3) is 0 Å². The Morgan fingerprint density at radius 1 is 1.07 bits per heavy atom. The van der Waals surface area contributed by atoms with E-state index in [9.17, 15) is 39.9 Å². The molecule has 0 aliphatic heterocycles. The summed E-state index contributed by atoms with van der Waals surface area (Å²) in [6.45, 7) is 6.95. The number of amides is 1. The molecule has 0 aromatic heterocycles. The van der Waals surface area contributed by atoms with Crippen molar-refractivity contribution in [3.8, 4) is 16.9 Å². The maximum Gasteiger partial charge on any atom is 0.230 e. The molecule has 40 heavy (non-hydrogen) atoms. The molecular formula is C31H37NO8. The van der Waals surface area contributed by atoms with Gasteiger partial charge in [0.2, 0.25) is 5.91 Å². The molecule has 214 valence electrons. The quantitative estimate of drug-likeness (QED) is 0.311. The van der Waals surface area contributed by atoms with E-state index in [2.05, 4.69) is 0 Å². The number of primary amides is 1. The summed E-state index contributed by atoms with van der Waals surface area (Å²) in [7, 11) is 0. The topological polar surface area (TPSA) is 178 Å². The van der Waals surface area contributed by atoms with Crippen molar-refractivity contribution in [2.24, 2.45) is 40.2 Å². The number of ketones is 2. The molecule has 9 nitrogen and oxygen atoms in total. The maximum atomic E-state index is 14.2. The van der Waals surface area contributed by atoms with Crippen LogP contribution in [-0.4, -0.2) is 60.8 Å². The average Bonchev–Trinajstić information content (AvgIpc) is 2.86. The molecule has 0 spiro atoms. The molecule has 2 aromatic carbocycles. The highest BCUT2D eigenvalue weighted by molar-refractivity contribution is 6.09. The summed E-state index contributed by atoms with van der Waals surface area (Å²) in [6, 6.07) is 10.3. The van der Waals surface area contributed by atoms with Gasteiger partial charge in [-0.25, -0.2) is 0 Å². The number of nitrogens with two attached hydrogens (primary N) is 1. The fourth-order valence-electron chi connectivity index (χ4n) is 8.59. The lowest BCUT2D eigenvalue weighted by molar-refractivity contribution is -0.265. The van der Waals surface area contributed by atoms with Gasteiger partial charge in [0.05, 0.1) is 24.2 Å². The number of phenols is 1. The molecule has 2 unspecified atom stereocenters. The number of hydrogen-bond donors (Lipinski definition) is 6. The van der Waals surface area contributed by atoms with E-state index in [1.54, 1.807) is 25.1 Å². The molecule has 0 saturated heterocycles. The van der Waals surface area contributed by atoms with E-state index in [4.69, 9.17) is 5.73 Å². The second kappa shape index (κ2) is 9.21. The molecule has 0 radical (unpaired) electrons. The Kier molecular flexibility index (Phi) is 6.54. The number of aliphatic hydroxyl groups excluding tert-OH is 3. The molecule has 1 amide bonds. The summed E-state index contributed by atoms with van der Waals surface area (Å²) in [5, 5.41) is 55.6. The van der Waals surface area contributed by atoms with Crippen molar-refractivity contribution in [3.63, 3.8) is 0 Å². The summed E-state index contributed by atoms with van der Waals surface area (Å²) >= 11 is 0. The summed E-state index contributed by atoms with van der Waals surface area (Å²) < 4.78 is 0. The van der Waals surface area contributed by atoms with Crippen molar-refractivity contribution < 1.29 is 39.9 Å². The van der Waals surface area contributed by atoms with Crippen LogP contribution in [0.3, 0.4) is 0 Å². The van der Waals surface area contributed by atoms with E-state index >= 15 is 0 Å². The molecule has 8 atom stereocenters. The first-order chi connectivity index (χ1) is 18.6. The second-order valence-corrected chi connectivity index (χ2v) is 12.8. The largest absolute Gasteiger partial charge is 0.507 e. The molecule has 3 aliphatic rings. The van der Waals surface area contributed by atoms with Crippen LogP contribution in [0.5, 0.6) is 5.75 Å². The fourth-order valence-corrected chi connectivity index (χ4v) is 8.59. The van der Waals surface area contributed by atoms with Crippen LogP contribution >= 0.6 is 0 Å². The van der Waals surface area contributed by atoms with Crippen LogP contribution < -0.4 is 5.73 Å². The molecule has 0 heterocycles. The molecule has 5 rings (SSSR count). The van der Waals surface area contributed by atoms with E-state index in [0.717, 1.165) is 11.1 Å². The second-order valence-electron chi connectivity index (χ2n) is 12.8. The summed E-state index contributed by atoms with van der Waals surface area (Å²) in [5.74, 6) is -7.18. The first kappa shape index (κ1) is 28.4. The van der Waals surface area contributed by atoms with Crippen LogP contribution in [0.1, 0.15) is 55.6 Å². The highest BCUT2D eigenvalue weighted by Crippen LogP contribution is 2.66. The predicted octanol–water partition coefficient (Wildman–Crippen LogP) is 1.73. The number of hydrogen-bond acceptors (Lipinski definition) is 8. The molecule has 2 aromatic rings. The third-order valence-electron chi connectivity index (χ3n) is 10.1. The third-order valence-corrected chi connectivity index (χ3v) is 10.1. The van der Waals surface area contributed by atoms with Crippen LogP contribution in [-0.2, 0) is 22.6 Å². The van der Waals surface area contributed by atoms with E-state index in [-0.39, 0.29) is 36.7 Å². The van der Waals surface area contributed by atoms with Crippen LogP contribution in [0.2, 0.25) is 0 Å². The lowest BCUT2D eigenvalue weighted by Crippen LogP contribution is -2.79. The van der Waals surface area contributed by atoms with Gasteiger partial charge in [0.15, 0.2) is 17.2 Å². The highest BCUT2D eigenvalue weighted by Gasteiger charge is 2.75. The highest BCUT2D eigenvalue weighted by atomic mass is 16.4. The van der Waals surface area contributed by atoms with Crippen molar-refractivity contribution >= 4 is 17.5 Å². The zero-order valence-corrected chi connectivity index (χ0v) is 23.1. The van der Waals surface area contributed by atoms with E-state index < -0.39 is 63.9 Å². The van der Waals surface area contributed by atoms with Gasteiger partial charge in [0, 0.05) is 5.41 Å². The van der Waals surface area contributed by atoms with Crippen molar-refractivity contribution in [2.75, 3.05) is 0 Å². The SMILES string of the molecule is CC(C)[C@H]1C(O)[C@@H](C(N)=O)C(=O)[C@]2(O)C(O)[C@H]3C(=O)c4c(O)ccc(-c5ccc(CO)cc5)c4C[C@]3(C)C[C@]12C.